The topological polar surface area (TPSA) is 67.4 Å². The van der Waals surface area contributed by atoms with E-state index >= 15 is 0 Å². The van der Waals surface area contributed by atoms with E-state index in [1.54, 1.807) is 0 Å². The van der Waals surface area contributed by atoms with Crippen LogP contribution in [0, 0.1) is 5.82 Å². The second-order valence-corrected chi connectivity index (χ2v) is 6.53. The van der Waals surface area contributed by atoms with Gasteiger partial charge in [0.2, 0.25) is 10.0 Å². The molecule has 5 nitrogen and oxygen atoms in total. The molecule has 0 aliphatic carbocycles. The maximum absolute atomic E-state index is 13.6. The van der Waals surface area contributed by atoms with Gasteiger partial charge in [-0.1, -0.05) is 11.6 Å². The standard InChI is InChI=1S/C14H19FN2O3S/c1-20-14-3-2-12(10-13(14)15)21(18,19)17-9-6-11-4-7-16-8-5-11/h2-4,10,16-17H,5-9H2,1H3. The number of rotatable bonds is 6. The molecule has 7 heteroatoms. The van der Waals surface area contributed by atoms with Gasteiger partial charge in [-0.25, -0.2) is 17.5 Å². The Morgan fingerprint density at radius 3 is 2.86 bits per heavy atom. The third-order valence-electron chi connectivity index (χ3n) is 3.33. The Balaban J connectivity index is 1.98. The number of benzene rings is 1. The van der Waals surface area contributed by atoms with Crippen LogP contribution in [0.15, 0.2) is 34.7 Å². The highest BCUT2D eigenvalue weighted by molar-refractivity contribution is 7.89. The Kier molecular flexibility index (Phi) is 5.33. The molecule has 0 spiro atoms. The smallest absolute Gasteiger partial charge is 0.240 e. The molecule has 0 saturated carbocycles. The summed E-state index contributed by atoms with van der Waals surface area (Å²) < 4.78 is 45.0. The predicted molar refractivity (Wildman–Crippen MR) is 78.3 cm³/mol. The van der Waals surface area contributed by atoms with E-state index < -0.39 is 15.8 Å². The van der Waals surface area contributed by atoms with Crippen molar-refractivity contribution in [2.45, 2.75) is 17.7 Å². The number of halogens is 1. The van der Waals surface area contributed by atoms with E-state index in [0.717, 1.165) is 25.6 Å². The molecule has 0 radical (unpaired) electrons. The van der Waals surface area contributed by atoms with Crippen LogP contribution in [0.2, 0.25) is 0 Å². The van der Waals surface area contributed by atoms with Crippen LogP contribution >= 0.6 is 0 Å². The van der Waals surface area contributed by atoms with Crippen molar-refractivity contribution < 1.29 is 17.5 Å². The highest BCUT2D eigenvalue weighted by Gasteiger charge is 2.16. The summed E-state index contributed by atoms with van der Waals surface area (Å²) in [4.78, 5) is -0.0971. The molecule has 2 N–H and O–H groups in total. The number of methoxy groups -OCH3 is 1. The van der Waals surface area contributed by atoms with Gasteiger partial charge in [-0.05, 0) is 37.6 Å². The van der Waals surface area contributed by atoms with Crippen molar-refractivity contribution >= 4 is 10.0 Å². The molecule has 1 heterocycles. The minimum Gasteiger partial charge on any atom is -0.494 e. The number of hydrogen-bond donors (Lipinski definition) is 2. The predicted octanol–water partition coefficient (Wildman–Crippen LogP) is 1.42. The van der Waals surface area contributed by atoms with Crippen LogP contribution in [0.4, 0.5) is 4.39 Å². The highest BCUT2D eigenvalue weighted by Crippen LogP contribution is 2.20. The van der Waals surface area contributed by atoms with Gasteiger partial charge in [-0.2, -0.15) is 0 Å². The summed E-state index contributed by atoms with van der Waals surface area (Å²) >= 11 is 0. The molecule has 0 amide bonds. The zero-order valence-corrected chi connectivity index (χ0v) is 12.7. The van der Waals surface area contributed by atoms with Crippen molar-refractivity contribution in [3.8, 4) is 5.75 Å². The second-order valence-electron chi connectivity index (χ2n) is 4.76. The maximum Gasteiger partial charge on any atom is 0.240 e. The van der Waals surface area contributed by atoms with Gasteiger partial charge < -0.3 is 10.1 Å². The fourth-order valence-electron chi connectivity index (χ4n) is 2.14. The first-order chi connectivity index (χ1) is 10.0. The lowest BCUT2D eigenvalue weighted by Crippen LogP contribution is -2.27. The fraction of sp³-hybridized carbons (Fsp3) is 0.429. The molecule has 0 fully saturated rings. The molecule has 21 heavy (non-hydrogen) atoms. The van der Waals surface area contributed by atoms with Crippen molar-refractivity contribution in [1.82, 2.24) is 10.0 Å². The average molecular weight is 314 g/mol. The first kappa shape index (κ1) is 15.9. The molecule has 1 aromatic rings. The second kappa shape index (κ2) is 7.02. The minimum atomic E-state index is -3.70. The van der Waals surface area contributed by atoms with Crippen LogP contribution in [0.1, 0.15) is 12.8 Å². The van der Waals surface area contributed by atoms with Crippen LogP contribution in [-0.2, 0) is 10.0 Å². The number of ether oxygens (including phenoxy) is 1. The largest absolute Gasteiger partial charge is 0.494 e. The number of nitrogens with one attached hydrogen (secondary N) is 2. The van der Waals surface area contributed by atoms with Crippen LogP contribution in [0.25, 0.3) is 0 Å². The lowest BCUT2D eigenvalue weighted by Gasteiger charge is -2.14. The van der Waals surface area contributed by atoms with Crippen molar-refractivity contribution in [2.75, 3.05) is 26.7 Å². The van der Waals surface area contributed by atoms with Gasteiger partial charge in [0.25, 0.3) is 0 Å². The van der Waals surface area contributed by atoms with E-state index in [-0.39, 0.29) is 10.6 Å². The van der Waals surface area contributed by atoms with Crippen LogP contribution in [0.3, 0.4) is 0 Å². The van der Waals surface area contributed by atoms with Crippen molar-refractivity contribution in [1.29, 1.82) is 0 Å². The summed E-state index contributed by atoms with van der Waals surface area (Å²) in [5, 5.41) is 3.20. The van der Waals surface area contributed by atoms with Crippen molar-refractivity contribution in [2.24, 2.45) is 0 Å². The summed E-state index contributed by atoms with van der Waals surface area (Å²) in [7, 11) is -2.37. The highest BCUT2D eigenvalue weighted by atomic mass is 32.2. The lowest BCUT2D eigenvalue weighted by atomic mass is 10.1. The molecule has 0 atom stereocenters. The lowest BCUT2D eigenvalue weighted by molar-refractivity contribution is 0.385. The summed E-state index contributed by atoms with van der Waals surface area (Å²) in [6, 6.07) is 3.60. The minimum absolute atomic E-state index is 0.0220. The summed E-state index contributed by atoms with van der Waals surface area (Å²) in [5.41, 5.74) is 1.23. The molecule has 1 aliphatic heterocycles. The Hall–Kier alpha value is -1.44. The zero-order chi connectivity index (χ0) is 15.3. The SMILES string of the molecule is COc1ccc(S(=O)(=O)NCCC2=CCNCC2)cc1F. The Labute approximate surface area is 124 Å². The van der Waals surface area contributed by atoms with E-state index in [1.807, 2.05) is 0 Å². The van der Waals surface area contributed by atoms with Crippen molar-refractivity contribution in [3.63, 3.8) is 0 Å². The molecule has 0 bridgehead atoms. The third kappa shape index (κ3) is 4.26. The molecule has 0 aromatic heterocycles. The monoisotopic (exact) mass is 314 g/mol. The van der Waals surface area contributed by atoms with Gasteiger partial charge in [-0.3, -0.25) is 0 Å². The molecular formula is C14H19FN2O3S. The number of hydrogen-bond acceptors (Lipinski definition) is 4. The van der Waals surface area contributed by atoms with E-state index in [4.69, 9.17) is 4.74 Å². The molecule has 0 unspecified atom stereocenters. The van der Waals surface area contributed by atoms with Crippen LogP contribution < -0.4 is 14.8 Å². The van der Waals surface area contributed by atoms with Crippen LogP contribution in [0.5, 0.6) is 5.75 Å². The van der Waals surface area contributed by atoms with Gasteiger partial charge in [0.05, 0.1) is 12.0 Å². The fourth-order valence-corrected chi connectivity index (χ4v) is 3.18. The van der Waals surface area contributed by atoms with Gasteiger partial charge in [-0.15, -0.1) is 0 Å². The quantitative estimate of drug-likeness (QED) is 0.779. The summed E-state index contributed by atoms with van der Waals surface area (Å²) in [6.07, 6.45) is 3.67. The Morgan fingerprint density at radius 1 is 1.43 bits per heavy atom. The maximum atomic E-state index is 13.6. The first-order valence-electron chi connectivity index (χ1n) is 6.75. The Bertz CT molecular complexity index is 629. The van der Waals surface area contributed by atoms with E-state index in [9.17, 15) is 12.8 Å². The molecule has 2 rings (SSSR count). The van der Waals surface area contributed by atoms with E-state index in [0.29, 0.717) is 13.0 Å². The average Bonchev–Trinajstić information content (AvgIpc) is 2.48. The third-order valence-corrected chi connectivity index (χ3v) is 4.79. The van der Waals surface area contributed by atoms with Gasteiger partial charge in [0, 0.05) is 13.1 Å². The van der Waals surface area contributed by atoms with Gasteiger partial charge in [0.1, 0.15) is 0 Å². The Morgan fingerprint density at radius 2 is 2.24 bits per heavy atom. The van der Waals surface area contributed by atoms with Gasteiger partial charge >= 0.3 is 0 Å². The van der Waals surface area contributed by atoms with Gasteiger partial charge in [0.15, 0.2) is 11.6 Å². The number of sulfonamides is 1. The summed E-state index contributed by atoms with van der Waals surface area (Å²) in [5.74, 6) is -0.671. The van der Waals surface area contributed by atoms with Crippen molar-refractivity contribution in [3.05, 3.63) is 35.7 Å². The summed E-state index contributed by atoms with van der Waals surface area (Å²) in [6.45, 7) is 2.05. The molecule has 1 aliphatic rings. The molecule has 0 saturated heterocycles. The molecular weight excluding hydrogens is 295 g/mol. The zero-order valence-electron chi connectivity index (χ0n) is 11.9. The normalized spacial score (nSPS) is 15.6. The van der Waals surface area contributed by atoms with Crippen LogP contribution in [-0.4, -0.2) is 35.2 Å². The molecule has 116 valence electrons. The van der Waals surface area contributed by atoms with E-state index in [1.165, 1.54) is 24.8 Å². The molecule has 1 aromatic carbocycles. The first-order valence-corrected chi connectivity index (χ1v) is 8.23. The van der Waals surface area contributed by atoms with E-state index in [2.05, 4.69) is 16.1 Å².